The summed E-state index contributed by atoms with van der Waals surface area (Å²) in [6, 6.07) is 9.93. The van der Waals surface area contributed by atoms with Crippen molar-refractivity contribution in [2.24, 2.45) is 4.99 Å². The van der Waals surface area contributed by atoms with E-state index in [4.69, 9.17) is 4.42 Å². The van der Waals surface area contributed by atoms with Crippen LogP contribution in [0.25, 0.3) is 17.4 Å². The minimum absolute atomic E-state index is 0.00271. The second kappa shape index (κ2) is 8.06. The third kappa shape index (κ3) is 4.20. The lowest BCUT2D eigenvalue weighted by Gasteiger charge is -2.20. The van der Waals surface area contributed by atoms with Crippen LogP contribution in [0.5, 0.6) is 0 Å². The van der Waals surface area contributed by atoms with Gasteiger partial charge < -0.3 is 14.3 Å². The molecule has 0 N–H and O–H groups in total. The number of carbonyl (C=O) groups excluding carboxylic acids is 2. The van der Waals surface area contributed by atoms with Crippen LogP contribution in [0.4, 0.5) is 0 Å². The first-order chi connectivity index (χ1) is 13.3. The van der Waals surface area contributed by atoms with Crippen LogP contribution in [0.3, 0.4) is 0 Å². The first kappa shape index (κ1) is 19.9. The summed E-state index contributed by atoms with van der Waals surface area (Å²) < 4.78 is 5.81. The highest BCUT2D eigenvalue weighted by Crippen LogP contribution is 2.35. The second-order valence-electron chi connectivity index (χ2n) is 6.96. The second-order valence-corrected chi connectivity index (χ2v) is 7.96. The summed E-state index contributed by atoms with van der Waals surface area (Å²) >= 11 is 1.33. The van der Waals surface area contributed by atoms with E-state index in [1.54, 1.807) is 35.2 Å². The summed E-state index contributed by atoms with van der Waals surface area (Å²) in [6.45, 7) is 7.84. The SMILES string of the molecule is CC(C)N=C1S/C(=C\c2ccc(-c3cccc(C(=O)[O-])c3)o2)C(=O)N1C(C)C. The number of carboxylic acids is 1. The van der Waals surface area contributed by atoms with Crippen LogP contribution in [-0.2, 0) is 4.79 Å². The van der Waals surface area contributed by atoms with E-state index in [2.05, 4.69) is 4.99 Å². The van der Waals surface area contributed by atoms with Gasteiger partial charge in [-0.25, -0.2) is 0 Å². The summed E-state index contributed by atoms with van der Waals surface area (Å²) in [7, 11) is 0. The smallest absolute Gasteiger partial charge is 0.267 e. The molecule has 0 radical (unpaired) electrons. The Bertz CT molecular complexity index is 972. The number of hydrogen-bond acceptors (Lipinski definition) is 6. The molecule has 0 bridgehead atoms. The lowest BCUT2D eigenvalue weighted by Crippen LogP contribution is -2.35. The maximum absolute atomic E-state index is 12.8. The number of amides is 1. The average molecular weight is 397 g/mol. The van der Waals surface area contributed by atoms with Crippen molar-refractivity contribution in [2.75, 3.05) is 0 Å². The summed E-state index contributed by atoms with van der Waals surface area (Å²) in [6.07, 6.45) is 1.69. The van der Waals surface area contributed by atoms with E-state index < -0.39 is 5.97 Å². The maximum Gasteiger partial charge on any atom is 0.267 e. The Morgan fingerprint density at radius 3 is 2.61 bits per heavy atom. The minimum atomic E-state index is -1.24. The fourth-order valence-corrected chi connectivity index (χ4v) is 3.98. The fraction of sp³-hybridized carbons (Fsp3) is 0.286. The molecule has 0 aliphatic carbocycles. The Morgan fingerprint density at radius 1 is 1.21 bits per heavy atom. The summed E-state index contributed by atoms with van der Waals surface area (Å²) in [5.41, 5.74) is 0.708. The number of thioether (sulfide) groups is 1. The van der Waals surface area contributed by atoms with Gasteiger partial charge in [0.15, 0.2) is 5.17 Å². The zero-order valence-electron chi connectivity index (χ0n) is 16.1. The molecule has 6 nitrogen and oxygen atoms in total. The van der Waals surface area contributed by atoms with Gasteiger partial charge in [0.25, 0.3) is 5.91 Å². The lowest BCUT2D eigenvalue weighted by molar-refractivity contribution is -0.255. The zero-order valence-corrected chi connectivity index (χ0v) is 16.9. The van der Waals surface area contributed by atoms with Gasteiger partial charge in [0, 0.05) is 23.7 Å². The van der Waals surface area contributed by atoms with Crippen LogP contribution in [0, 0.1) is 0 Å². The standard InChI is InChI=1S/C21H22N2O4S/c1-12(2)22-21-23(13(3)4)19(24)18(28-21)11-16-8-9-17(27-16)14-6-5-7-15(10-14)20(25)26/h5-13H,1-4H3,(H,25,26)/p-1/b18-11-,22-21?. The van der Waals surface area contributed by atoms with E-state index >= 15 is 0 Å². The number of hydrogen-bond donors (Lipinski definition) is 0. The molecular formula is C21H21N2O4S-. The molecular weight excluding hydrogens is 376 g/mol. The molecule has 2 heterocycles. The van der Waals surface area contributed by atoms with Gasteiger partial charge in [-0.1, -0.05) is 18.2 Å². The van der Waals surface area contributed by atoms with Crippen molar-refractivity contribution in [1.82, 2.24) is 4.90 Å². The van der Waals surface area contributed by atoms with Crippen molar-refractivity contribution >= 4 is 34.9 Å². The van der Waals surface area contributed by atoms with Gasteiger partial charge in [-0.05, 0) is 63.2 Å². The fourth-order valence-electron chi connectivity index (χ4n) is 2.77. The van der Waals surface area contributed by atoms with E-state index in [0.717, 1.165) is 0 Å². The zero-order chi connectivity index (χ0) is 20.4. The number of amidine groups is 1. The van der Waals surface area contributed by atoms with Gasteiger partial charge in [0.05, 0.1) is 10.9 Å². The monoisotopic (exact) mass is 397 g/mol. The van der Waals surface area contributed by atoms with Crippen LogP contribution in [0.15, 0.2) is 50.7 Å². The molecule has 146 valence electrons. The summed E-state index contributed by atoms with van der Waals surface area (Å²) in [5, 5.41) is 11.7. The third-order valence-electron chi connectivity index (χ3n) is 4.00. The molecule has 0 spiro atoms. The number of benzene rings is 1. The molecule has 3 rings (SSSR count). The van der Waals surface area contributed by atoms with Crippen molar-refractivity contribution in [3.8, 4) is 11.3 Å². The predicted octanol–water partition coefficient (Wildman–Crippen LogP) is 3.40. The van der Waals surface area contributed by atoms with Crippen molar-refractivity contribution in [3.63, 3.8) is 0 Å². The topological polar surface area (TPSA) is 85.9 Å². The summed E-state index contributed by atoms with van der Waals surface area (Å²) in [5.74, 6) is -0.313. The number of nitrogens with zero attached hydrogens (tertiary/aromatic N) is 2. The first-order valence-corrected chi connectivity index (χ1v) is 9.80. The van der Waals surface area contributed by atoms with Crippen LogP contribution in [0.1, 0.15) is 43.8 Å². The highest BCUT2D eigenvalue weighted by molar-refractivity contribution is 8.18. The molecule has 0 atom stereocenters. The number of furan rings is 1. The van der Waals surface area contributed by atoms with E-state index in [1.807, 2.05) is 27.7 Å². The highest BCUT2D eigenvalue weighted by Gasteiger charge is 2.35. The molecule has 0 unspecified atom stereocenters. The number of aromatic carboxylic acids is 1. The molecule has 1 amide bonds. The lowest BCUT2D eigenvalue weighted by atomic mass is 10.1. The third-order valence-corrected chi connectivity index (χ3v) is 5.00. The van der Waals surface area contributed by atoms with Gasteiger partial charge in [-0.15, -0.1) is 0 Å². The normalized spacial score (nSPS) is 17.5. The van der Waals surface area contributed by atoms with E-state index in [1.165, 1.54) is 23.9 Å². The van der Waals surface area contributed by atoms with Crippen molar-refractivity contribution in [2.45, 2.75) is 39.8 Å². The first-order valence-electron chi connectivity index (χ1n) is 8.98. The molecule has 0 saturated carbocycles. The van der Waals surface area contributed by atoms with Crippen LogP contribution in [-0.4, -0.2) is 34.0 Å². The quantitative estimate of drug-likeness (QED) is 0.722. The van der Waals surface area contributed by atoms with Gasteiger partial charge in [-0.2, -0.15) is 0 Å². The molecule has 1 aliphatic heterocycles. The largest absolute Gasteiger partial charge is 0.545 e. The van der Waals surface area contributed by atoms with Crippen LogP contribution in [0.2, 0.25) is 0 Å². The Kier molecular flexibility index (Phi) is 5.74. The van der Waals surface area contributed by atoms with Gasteiger partial charge in [0.2, 0.25) is 0 Å². The van der Waals surface area contributed by atoms with Gasteiger partial charge in [-0.3, -0.25) is 14.7 Å². The van der Waals surface area contributed by atoms with Crippen molar-refractivity contribution < 1.29 is 19.1 Å². The van der Waals surface area contributed by atoms with Crippen LogP contribution >= 0.6 is 11.8 Å². The maximum atomic E-state index is 12.8. The average Bonchev–Trinajstić information content (AvgIpc) is 3.20. The Hall–Kier alpha value is -2.80. The van der Waals surface area contributed by atoms with Crippen molar-refractivity contribution in [3.05, 3.63) is 52.6 Å². The molecule has 28 heavy (non-hydrogen) atoms. The molecule has 1 saturated heterocycles. The van der Waals surface area contributed by atoms with Gasteiger partial charge >= 0.3 is 0 Å². The predicted molar refractivity (Wildman–Crippen MR) is 109 cm³/mol. The molecule has 1 aliphatic rings. The van der Waals surface area contributed by atoms with E-state index in [0.29, 0.717) is 27.2 Å². The summed E-state index contributed by atoms with van der Waals surface area (Å²) in [4.78, 5) is 30.6. The Labute approximate surface area is 167 Å². The highest BCUT2D eigenvalue weighted by atomic mass is 32.2. The molecule has 1 aromatic carbocycles. The Morgan fingerprint density at radius 2 is 1.96 bits per heavy atom. The molecule has 2 aromatic rings. The van der Waals surface area contributed by atoms with E-state index in [-0.39, 0.29) is 23.6 Å². The molecule has 1 aromatic heterocycles. The Balaban J connectivity index is 1.90. The molecule has 7 heteroatoms. The number of carbonyl (C=O) groups is 2. The minimum Gasteiger partial charge on any atom is -0.545 e. The van der Waals surface area contributed by atoms with Gasteiger partial charge in [0.1, 0.15) is 11.5 Å². The van der Waals surface area contributed by atoms with Crippen molar-refractivity contribution in [1.29, 1.82) is 0 Å². The number of aliphatic imine (C=N–C) groups is 1. The molecule has 1 fully saturated rings. The number of carboxylic acid groups (broad SMARTS) is 1. The number of rotatable bonds is 5. The van der Waals surface area contributed by atoms with E-state index in [9.17, 15) is 14.7 Å². The van der Waals surface area contributed by atoms with Crippen LogP contribution < -0.4 is 5.11 Å².